The van der Waals surface area contributed by atoms with Gasteiger partial charge < -0.3 is 10.3 Å². The van der Waals surface area contributed by atoms with E-state index >= 15 is 0 Å². The van der Waals surface area contributed by atoms with Gasteiger partial charge in [-0.25, -0.2) is 19.5 Å². The number of nitrogens with zero attached hydrogens (tertiary/aromatic N) is 6. The van der Waals surface area contributed by atoms with Crippen molar-refractivity contribution in [1.29, 1.82) is 0 Å². The monoisotopic (exact) mass is 386 g/mol. The van der Waals surface area contributed by atoms with Crippen LogP contribution in [0.15, 0.2) is 66.1 Å². The molecule has 0 saturated carbocycles. The zero-order valence-corrected chi connectivity index (χ0v) is 15.6. The molecule has 2 N–H and O–H groups in total. The first-order chi connectivity index (χ1) is 14.3. The minimum Gasteiger partial charge on any atom is -0.358 e. The molecular formula is C20H18N8O. The van der Waals surface area contributed by atoms with Crippen molar-refractivity contribution in [2.24, 2.45) is 0 Å². The first-order valence-electron chi connectivity index (χ1n) is 9.32. The Hall–Kier alpha value is -4.01. The highest BCUT2D eigenvalue weighted by molar-refractivity contribution is 5.82. The van der Waals surface area contributed by atoms with E-state index in [0.29, 0.717) is 34.7 Å². The molecule has 4 heterocycles. The van der Waals surface area contributed by atoms with Crippen molar-refractivity contribution in [2.45, 2.75) is 19.4 Å². The summed E-state index contributed by atoms with van der Waals surface area (Å²) in [6, 6.07) is 12.8. The van der Waals surface area contributed by atoms with Crippen LogP contribution in [0.2, 0.25) is 0 Å². The van der Waals surface area contributed by atoms with Crippen LogP contribution in [0.1, 0.15) is 25.2 Å². The Kier molecular flexibility index (Phi) is 4.05. The third-order valence-corrected chi connectivity index (χ3v) is 4.86. The molecule has 4 aromatic heterocycles. The highest BCUT2D eigenvalue weighted by atomic mass is 16.1. The minimum absolute atomic E-state index is 0.124. The van der Waals surface area contributed by atoms with Gasteiger partial charge in [0, 0.05) is 6.20 Å². The number of H-pyrrole nitrogens is 1. The molecule has 0 bridgehead atoms. The van der Waals surface area contributed by atoms with Crippen molar-refractivity contribution in [3.63, 3.8) is 0 Å². The average Bonchev–Trinajstić information content (AvgIpc) is 3.42. The van der Waals surface area contributed by atoms with Crippen LogP contribution in [0, 0.1) is 0 Å². The second-order valence-electron chi connectivity index (χ2n) is 6.60. The van der Waals surface area contributed by atoms with Gasteiger partial charge in [0.1, 0.15) is 17.4 Å². The van der Waals surface area contributed by atoms with Gasteiger partial charge in [-0.15, -0.1) is 0 Å². The molecule has 144 valence electrons. The molecule has 0 saturated heterocycles. The van der Waals surface area contributed by atoms with E-state index in [9.17, 15) is 4.79 Å². The van der Waals surface area contributed by atoms with Crippen LogP contribution in [-0.2, 0) is 0 Å². The number of nitrogens with one attached hydrogen (secondary N) is 2. The van der Waals surface area contributed by atoms with Crippen molar-refractivity contribution in [3.05, 3.63) is 77.5 Å². The third-order valence-electron chi connectivity index (χ3n) is 4.86. The number of imidazole rings is 1. The van der Waals surface area contributed by atoms with E-state index in [1.165, 1.54) is 6.33 Å². The van der Waals surface area contributed by atoms with Crippen LogP contribution in [0.4, 0.5) is 5.82 Å². The summed E-state index contributed by atoms with van der Waals surface area (Å²) in [6.07, 6.45) is 5.51. The zero-order chi connectivity index (χ0) is 19.8. The Bertz CT molecular complexity index is 1350. The van der Waals surface area contributed by atoms with Crippen LogP contribution in [0.25, 0.3) is 22.4 Å². The van der Waals surface area contributed by atoms with E-state index in [0.717, 1.165) is 5.69 Å². The average molecular weight is 386 g/mol. The molecule has 0 fully saturated rings. The summed E-state index contributed by atoms with van der Waals surface area (Å²) < 4.78 is 3.27. The second-order valence-corrected chi connectivity index (χ2v) is 6.60. The van der Waals surface area contributed by atoms with Crippen molar-refractivity contribution >= 4 is 22.5 Å². The normalized spacial score (nSPS) is 12.4. The standard InChI is InChI=1S/C20H18N8O/c1-2-14(25-18-16-17(22-11-21-16)23-12-24-18)19-26-27-10-6-9-15(27)20(29)28(19)13-7-4-3-5-8-13/h3-12,14H,2H2,1H3,(H2,21,22,23,24,25)/t14-/m1/s1. The van der Waals surface area contributed by atoms with Crippen molar-refractivity contribution in [1.82, 2.24) is 34.1 Å². The van der Waals surface area contributed by atoms with Crippen LogP contribution in [0.5, 0.6) is 0 Å². The number of aromatic nitrogens is 7. The summed E-state index contributed by atoms with van der Waals surface area (Å²) in [7, 11) is 0. The fourth-order valence-corrected chi connectivity index (χ4v) is 3.44. The van der Waals surface area contributed by atoms with Crippen molar-refractivity contribution < 1.29 is 0 Å². The summed E-state index contributed by atoms with van der Waals surface area (Å²) in [5.41, 5.74) is 2.44. The molecule has 9 nitrogen and oxygen atoms in total. The van der Waals surface area contributed by atoms with Gasteiger partial charge in [-0.05, 0) is 30.7 Å². The molecule has 5 rings (SSSR count). The van der Waals surface area contributed by atoms with Crippen LogP contribution in [-0.4, -0.2) is 34.1 Å². The van der Waals surface area contributed by atoms with Gasteiger partial charge in [-0.1, -0.05) is 25.1 Å². The fourth-order valence-electron chi connectivity index (χ4n) is 3.44. The third kappa shape index (κ3) is 2.83. The molecule has 29 heavy (non-hydrogen) atoms. The Morgan fingerprint density at radius 1 is 1.10 bits per heavy atom. The number of hydrogen-bond donors (Lipinski definition) is 2. The smallest absolute Gasteiger partial charge is 0.282 e. The van der Waals surface area contributed by atoms with E-state index < -0.39 is 0 Å². The van der Waals surface area contributed by atoms with Gasteiger partial charge in [0.25, 0.3) is 5.56 Å². The Morgan fingerprint density at radius 3 is 2.79 bits per heavy atom. The van der Waals surface area contributed by atoms with Crippen LogP contribution >= 0.6 is 0 Å². The lowest BCUT2D eigenvalue weighted by Gasteiger charge is -2.21. The number of hydrogen-bond acceptors (Lipinski definition) is 6. The van der Waals surface area contributed by atoms with E-state index in [1.807, 2.05) is 43.3 Å². The number of para-hydroxylation sites is 1. The lowest BCUT2D eigenvalue weighted by molar-refractivity contribution is 0.622. The highest BCUT2D eigenvalue weighted by Gasteiger charge is 2.22. The molecule has 0 radical (unpaired) electrons. The van der Waals surface area contributed by atoms with Crippen molar-refractivity contribution in [2.75, 3.05) is 5.32 Å². The Morgan fingerprint density at radius 2 is 1.97 bits per heavy atom. The maximum Gasteiger partial charge on any atom is 0.282 e. The van der Waals surface area contributed by atoms with Crippen molar-refractivity contribution in [3.8, 4) is 5.69 Å². The molecule has 0 spiro atoms. The maximum atomic E-state index is 13.3. The summed E-state index contributed by atoms with van der Waals surface area (Å²) in [5.74, 6) is 1.21. The lowest BCUT2D eigenvalue weighted by atomic mass is 10.2. The maximum absolute atomic E-state index is 13.3. The largest absolute Gasteiger partial charge is 0.358 e. The molecule has 1 atom stereocenters. The molecule has 0 aliphatic heterocycles. The predicted molar refractivity (Wildman–Crippen MR) is 109 cm³/mol. The Balaban J connectivity index is 1.70. The number of anilines is 1. The summed E-state index contributed by atoms with van der Waals surface area (Å²) >= 11 is 0. The summed E-state index contributed by atoms with van der Waals surface area (Å²) in [5, 5.41) is 8.17. The van der Waals surface area contributed by atoms with Gasteiger partial charge in [-0.3, -0.25) is 9.36 Å². The van der Waals surface area contributed by atoms with Gasteiger partial charge in [0.2, 0.25) is 0 Å². The quantitative estimate of drug-likeness (QED) is 0.481. The molecule has 0 aliphatic rings. The van der Waals surface area contributed by atoms with E-state index in [4.69, 9.17) is 5.10 Å². The van der Waals surface area contributed by atoms with E-state index in [2.05, 4.69) is 25.3 Å². The lowest BCUT2D eigenvalue weighted by Crippen LogP contribution is -2.30. The minimum atomic E-state index is -0.267. The molecule has 0 amide bonds. The zero-order valence-electron chi connectivity index (χ0n) is 15.6. The van der Waals surface area contributed by atoms with Crippen LogP contribution < -0.4 is 10.9 Å². The van der Waals surface area contributed by atoms with Gasteiger partial charge in [0.15, 0.2) is 17.3 Å². The SMILES string of the molecule is CC[C@@H](Nc1ncnc2nc[nH]c12)c1nn2cccc2c(=O)n1-c1ccccc1. The predicted octanol–water partition coefficient (Wildman–Crippen LogP) is 2.71. The Labute approximate surface area is 165 Å². The number of aromatic amines is 1. The molecule has 9 heteroatoms. The first-order valence-corrected chi connectivity index (χ1v) is 9.32. The molecule has 0 aliphatic carbocycles. The number of fused-ring (bicyclic) bond motifs is 2. The second kappa shape index (κ2) is 6.86. The van der Waals surface area contributed by atoms with Crippen LogP contribution in [0.3, 0.4) is 0 Å². The van der Waals surface area contributed by atoms with Gasteiger partial charge in [0.05, 0.1) is 18.1 Å². The topological polar surface area (TPSA) is 106 Å². The summed E-state index contributed by atoms with van der Waals surface area (Å²) in [4.78, 5) is 29.0. The van der Waals surface area contributed by atoms with Gasteiger partial charge >= 0.3 is 0 Å². The summed E-state index contributed by atoms with van der Waals surface area (Å²) in [6.45, 7) is 2.03. The first kappa shape index (κ1) is 17.1. The number of rotatable bonds is 5. The molecular weight excluding hydrogens is 368 g/mol. The highest BCUT2D eigenvalue weighted by Crippen LogP contribution is 2.24. The number of benzene rings is 1. The van der Waals surface area contributed by atoms with Gasteiger partial charge in [-0.2, -0.15) is 5.10 Å². The molecule has 0 unspecified atom stereocenters. The van der Waals surface area contributed by atoms with E-state index in [-0.39, 0.29) is 11.6 Å². The van der Waals surface area contributed by atoms with E-state index in [1.54, 1.807) is 27.7 Å². The fraction of sp³-hybridized carbons (Fsp3) is 0.150. The molecule has 1 aromatic carbocycles. The molecule has 5 aromatic rings.